The number of rotatable bonds is 3. The molecule has 4 nitrogen and oxygen atoms in total. The Morgan fingerprint density at radius 2 is 2.11 bits per heavy atom. The van der Waals surface area contributed by atoms with Crippen molar-refractivity contribution in [3.8, 4) is 5.75 Å². The first-order chi connectivity index (χ1) is 8.28. The lowest BCUT2D eigenvalue weighted by Crippen LogP contribution is -2.33. The second-order valence-corrected chi connectivity index (χ2v) is 5.82. The van der Waals surface area contributed by atoms with Crippen LogP contribution in [0.25, 0.3) is 0 Å². The summed E-state index contributed by atoms with van der Waals surface area (Å²) >= 11 is 3.24. The van der Waals surface area contributed by atoms with E-state index in [9.17, 15) is 9.90 Å². The largest absolute Gasteiger partial charge is 0.507 e. The number of alkyl carbamates (subject to hydrolysis) is 1. The molecule has 1 aromatic carbocycles. The Labute approximate surface area is 115 Å². The van der Waals surface area contributed by atoms with Crippen molar-refractivity contribution in [1.29, 1.82) is 0 Å². The maximum atomic E-state index is 11.4. The molecule has 2 N–H and O–H groups in total. The molecule has 0 aliphatic carbocycles. The summed E-state index contributed by atoms with van der Waals surface area (Å²) in [6, 6.07) is 5.26. The number of phenols is 1. The van der Waals surface area contributed by atoms with Crippen molar-refractivity contribution in [2.75, 3.05) is 6.54 Å². The maximum Gasteiger partial charge on any atom is 0.407 e. The van der Waals surface area contributed by atoms with Gasteiger partial charge in [0.2, 0.25) is 0 Å². The van der Waals surface area contributed by atoms with Gasteiger partial charge in [-0.3, -0.25) is 0 Å². The molecule has 0 saturated heterocycles. The smallest absolute Gasteiger partial charge is 0.407 e. The number of ether oxygens (including phenoxy) is 1. The van der Waals surface area contributed by atoms with Crippen LogP contribution in [0.1, 0.15) is 26.3 Å². The molecule has 0 aromatic heterocycles. The predicted octanol–water partition coefficient (Wildman–Crippen LogP) is 3.22. The second kappa shape index (κ2) is 6.09. The Bertz CT molecular complexity index is 427. The molecule has 0 radical (unpaired) electrons. The van der Waals surface area contributed by atoms with Crippen LogP contribution in [0.4, 0.5) is 4.79 Å². The van der Waals surface area contributed by atoms with Crippen LogP contribution in [0.15, 0.2) is 22.7 Å². The van der Waals surface area contributed by atoms with Gasteiger partial charge in [-0.2, -0.15) is 0 Å². The van der Waals surface area contributed by atoms with Gasteiger partial charge in [0.05, 0.1) is 4.47 Å². The highest BCUT2D eigenvalue weighted by molar-refractivity contribution is 9.10. The highest BCUT2D eigenvalue weighted by Gasteiger charge is 2.15. The number of hydrogen-bond acceptors (Lipinski definition) is 3. The fourth-order valence-corrected chi connectivity index (χ4v) is 1.76. The summed E-state index contributed by atoms with van der Waals surface area (Å²) in [5.74, 6) is 0.207. The van der Waals surface area contributed by atoms with Gasteiger partial charge in [0.1, 0.15) is 11.4 Å². The zero-order valence-electron chi connectivity index (χ0n) is 10.8. The number of nitrogens with one attached hydrogen (secondary N) is 1. The van der Waals surface area contributed by atoms with Crippen LogP contribution in [0.5, 0.6) is 5.75 Å². The minimum Gasteiger partial charge on any atom is -0.507 e. The summed E-state index contributed by atoms with van der Waals surface area (Å²) in [5.41, 5.74) is 0.543. The highest BCUT2D eigenvalue weighted by atomic mass is 79.9. The van der Waals surface area contributed by atoms with Gasteiger partial charge < -0.3 is 15.2 Å². The Balaban J connectivity index is 2.38. The van der Waals surface area contributed by atoms with Crippen LogP contribution < -0.4 is 5.32 Å². The number of carbonyl (C=O) groups excluding carboxylic acids is 1. The van der Waals surface area contributed by atoms with Crippen molar-refractivity contribution in [2.24, 2.45) is 0 Å². The number of hydrogen-bond donors (Lipinski definition) is 2. The van der Waals surface area contributed by atoms with Gasteiger partial charge in [-0.15, -0.1) is 0 Å². The minimum atomic E-state index is -0.481. The van der Waals surface area contributed by atoms with Crippen LogP contribution in [-0.2, 0) is 11.2 Å². The monoisotopic (exact) mass is 315 g/mol. The minimum absolute atomic E-state index is 0.207. The lowest BCUT2D eigenvalue weighted by molar-refractivity contribution is 0.0528. The molecule has 0 heterocycles. The third-order valence-electron chi connectivity index (χ3n) is 2.09. The van der Waals surface area contributed by atoms with E-state index < -0.39 is 11.7 Å². The van der Waals surface area contributed by atoms with Gasteiger partial charge in [-0.1, -0.05) is 6.07 Å². The van der Waals surface area contributed by atoms with Crippen LogP contribution in [0.2, 0.25) is 0 Å². The summed E-state index contributed by atoms with van der Waals surface area (Å²) in [7, 11) is 0. The van der Waals surface area contributed by atoms with E-state index in [0.29, 0.717) is 17.4 Å². The van der Waals surface area contributed by atoms with Crippen molar-refractivity contribution in [3.05, 3.63) is 28.2 Å². The van der Waals surface area contributed by atoms with Crippen LogP contribution in [0.3, 0.4) is 0 Å². The third kappa shape index (κ3) is 5.40. The highest BCUT2D eigenvalue weighted by Crippen LogP contribution is 2.24. The number of benzene rings is 1. The van der Waals surface area contributed by atoms with Crippen LogP contribution in [0, 0.1) is 0 Å². The molecule has 0 saturated carbocycles. The average molecular weight is 316 g/mol. The first kappa shape index (κ1) is 14.8. The first-order valence-corrected chi connectivity index (χ1v) is 6.51. The average Bonchev–Trinajstić information content (AvgIpc) is 2.20. The Morgan fingerprint density at radius 3 is 2.67 bits per heavy atom. The number of carbonyl (C=O) groups is 1. The molecule has 0 fully saturated rings. The molecule has 1 rings (SSSR count). The van der Waals surface area contributed by atoms with Gasteiger partial charge in [0.25, 0.3) is 0 Å². The third-order valence-corrected chi connectivity index (χ3v) is 2.73. The number of halogens is 1. The van der Waals surface area contributed by atoms with E-state index in [1.165, 1.54) is 0 Å². The summed E-state index contributed by atoms with van der Waals surface area (Å²) in [5, 5.41) is 12.0. The molecule has 100 valence electrons. The van der Waals surface area contributed by atoms with Crippen molar-refractivity contribution < 1.29 is 14.6 Å². The summed E-state index contributed by atoms with van der Waals surface area (Å²) in [6.07, 6.45) is 0.262. The van der Waals surface area contributed by atoms with E-state index in [1.54, 1.807) is 6.07 Å². The van der Waals surface area contributed by atoms with Crippen LogP contribution in [-0.4, -0.2) is 23.3 Å². The van der Waals surface area contributed by atoms with Crippen molar-refractivity contribution in [1.82, 2.24) is 5.32 Å². The molecular weight excluding hydrogens is 298 g/mol. The SMILES string of the molecule is CC(C)(C)OC(=O)NCCc1ccc(O)c(Br)c1. The van der Waals surface area contributed by atoms with Crippen molar-refractivity contribution in [2.45, 2.75) is 32.8 Å². The summed E-state index contributed by atoms with van der Waals surface area (Å²) < 4.78 is 5.77. The van der Waals surface area contributed by atoms with E-state index in [2.05, 4.69) is 21.2 Å². The van der Waals surface area contributed by atoms with E-state index in [1.807, 2.05) is 32.9 Å². The molecule has 0 aliphatic rings. The first-order valence-electron chi connectivity index (χ1n) is 5.72. The molecule has 18 heavy (non-hydrogen) atoms. The Kier molecular flexibility index (Phi) is 5.02. The fraction of sp³-hybridized carbons (Fsp3) is 0.462. The molecule has 0 unspecified atom stereocenters. The standard InChI is InChI=1S/C13H18BrNO3/c1-13(2,3)18-12(17)15-7-6-9-4-5-11(16)10(14)8-9/h4-5,8,16H,6-7H2,1-3H3,(H,15,17). The molecule has 0 atom stereocenters. The summed E-state index contributed by atoms with van der Waals surface area (Å²) in [4.78, 5) is 11.4. The topological polar surface area (TPSA) is 58.6 Å². The molecule has 0 spiro atoms. The molecule has 0 aliphatic heterocycles. The van der Waals surface area contributed by atoms with E-state index in [4.69, 9.17) is 4.74 Å². The molecule has 1 aromatic rings. The zero-order chi connectivity index (χ0) is 13.8. The van der Waals surface area contributed by atoms with Gasteiger partial charge in [0, 0.05) is 6.54 Å². The van der Waals surface area contributed by atoms with Gasteiger partial charge in [-0.25, -0.2) is 4.79 Å². The van der Waals surface area contributed by atoms with E-state index in [0.717, 1.165) is 5.56 Å². The normalized spacial score (nSPS) is 11.1. The van der Waals surface area contributed by atoms with E-state index in [-0.39, 0.29) is 5.75 Å². The molecule has 1 amide bonds. The number of aromatic hydroxyl groups is 1. The Hall–Kier alpha value is -1.23. The quantitative estimate of drug-likeness (QED) is 0.900. The molecular formula is C13H18BrNO3. The van der Waals surface area contributed by atoms with Crippen molar-refractivity contribution in [3.63, 3.8) is 0 Å². The Morgan fingerprint density at radius 1 is 1.44 bits per heavy atom. The van der Waals surface area contributed by atoms with Gasteiger partial charge in [0.15, 0.2) is 0 Å². The second-order valence-electron chi connectivity index (χ2n) is 4.96. The molecule has 5 heteroatoms. The summed E-state index contributed by atoms with van der Waals surface area (Å²) in [6.45, 7) is 5.96. The fourth-order valence-electron chi connectivity index (χ4n) is 1.33. The van der Waals surface area contributed by atoms with Gasteiger partial charge in [-0.05, 0) is 60.8 Å². The lowest BCUT2D eigenvalue weighted by Gasteiger charge is -2.19. The molecule has 0 bridgehead atoms. The maximum absolute atomic E-state index is 11.4. The van der Waals surface area contributed by atoms with Crippen LogP contribution >= 0.6 is 15.9 Å². The number of amides is 1. The predicted molar refractivity (Wildman–Crippen MR) is 73.7 cm³/mol. The zero-order valence-corrected chi connectivity index (χ0v) is 12.4. The lowest BCUT2D eigenvalue weighted by atomic mass is 10.1. The van der Waals surface area contributed by atoms with Crippen molar-refractivity contribution >= 4 is 22.0 Å². The number of phenolic OH excluding ortho intramolecular Hbond substituents is 1. The van der Waals surface area contributed by atoms with Gasteiger partial charge >= 0.3 is 6.09 Å². The van der Waals surface area contributed by atoms with E-state index >= 15 is 0 Å².